The van der Waals surface area contributed by atoms with Gasteiger partial charge in [-0.2, -0.15) is 0 Å². The lowest BCUT2D eigenvalue weighted by Crippen LogP contribution is -2.13. The first-order chi connectivity index (χ1) is 6.47. The molecular weight excluding hydrogens is 160 g/mol. The van der Waals surface area contributed by atoms with Crippen LogP contribution >= 0.6 is 0 Å². The summed E-state index contributed by atoms with van der Waals surface area (Å²) in [4.78, 5) is 4.35. The average Bonchev–Trinajstić information content (AvgIpc) is 2.47. The highest BCUT2D eigenvalue weighted by molar-refractivity contribution is 5.08. The fourth-order valence-electron chi connectivity index (χ4n) is 1.78. The highest BCUT2D eigenvalue weighted by Crippen LogP contribution is 2.21. The van der Waals surface area contributed by atoms with E-state index < -0.39 is 0 Å². The highest BCUT2D eigenvalue weighted by Gasteiger charge is 2.14. The molecule has 0 amide bonds. The fourth-order valence-corrected chi connectivity index (χ4v) is 1.78. The molecule has 2 heteroatoms. The minimum Gasteiger partial charge on any atom is -0.260 e. The Hall–Kier alpha value is -0.890. The van der Waals surface area contributed by atoms with Crippen molar-refractivity contribution in [3.05, 3.63) is 30.1 Å². The molecule has 0 aromatic carbocycles. The first-order valence-electron chi connectivity index (χ1n) is 5.04. The Morgan fingerprint density at radius 2 is 2.15 bits per heavy atom. The van der Waals surface area contributed by atoms with Crippen molar-refractivity contribution in [2.24, 2.45) is 0 Å². The first-order valence-corrected chi connectivity index (χ1v) is 5.04. The molecule has 69 valence electrons. The zero-order chi connectivity index (χ0) is 8.93. The van der Waals surface area contributed by atoms with Crippen molar-refractivity contribution < 1.29 is 0 Å². The molecule has 1 unspecified atom stereocenters. The van der Waals surface area contributed by atoms with E-state index in [9.17, 15) is 0 Å². The van der Waals surface area contributed by atoms with Gasteiger partial charge in [0.25, 0.3) is 0 Å². The summed E-state index contributed by atoms with van der Waals surface area (Å²) in [5.41, 5.74) is 1.14. The van der Waals surface area contributed by atoms with Crippen LogP contribution in [0.25, 0.3) is 0 Å². The van der Waals surface area contributed by atoms with Gasteiger partial charge in [-0.05, 0) is 25.0 Å². The normalized spacial score (nSPS) is 23.8. The molecule has 2 nitrogen and oxygen atoms in total. The van der Waals surface area contributed by atoms with E-state index in [1.807, 2.05) is 18.3 Å². The molecule has 1 aliphatic rings. The van der Waals surface area contributed by atoms with Gasteiger partial charge in [0.1, 0.15) is 0 Å². The summed E-state index contributed by atoms with van der Waals surface area (Å²) in [7, 11) is 0. The van der Waals surface area contributed by atoms with Gasteiger partial charge in [0.05, 0.1) is 11.7 Å². The molecule has 0 spiro atoms. The van der Waals surface area contributed by atoms with Gasteiger partial charge in [0.2, 0.25) is 0 Å². The molecule has 0 aliphatic carbocycles. The monoisotopic (exact) mass is 175 g/mol. The average molecular weight is 175 g/mol. The van der Waals surface area contributed by atoms with Gasteiger partial charge in [-0.3, -0.25) is 4.98 Å². The van der Waals surface area contributed by atoms with Crippen LogP contribution in [-0.2, 0) is 0 Å². The number of rotatable bonds is 1. The topological polar surface area (TPSA) is 27.0 Å². The second-order valence-corrected chi connectivity index (χ2v) is 3.53. The minimum atomic E-state index is 0.365. The Labute approximate surface area is 79.4 Å². The lowest BCUT2D eigenvalue weighted by molar-refractivity contribution is 0.511. The van der Waals surface area contributed by atoms with Crippen molar-refractivity contribution in [2.45, 2.75) is 31.7 Å². The molecule has 1 saturated heterocycles. The van der Waals surface area contributed by atoms with Crippen molar-refractivity contribution >= 4 is 0 Å². The molecule has 1 aliphatic heterocycles. The quantitative estimate of drug-likeness (QED) is 0.643. The smallest absolute Gasteiger partial charge is 0.0667 e. The van der Waals surface area contributed by atoms with Crippen LogP contribution in [0.4, 0.5) is 0 Å². The maximum atomic E-state index is 4.63. The molecule has 0 N–H and O–H groups in total. The van der Waals surface area contributed by atoms with E-state index >= 15 is 0 Å². The molecule has 1 atom stereocenters. The van der Waals surface area contributed by atoms with Crippen molar-refractivity contribution in [3.8, 4) is 0 Å². The molecule has 2 rings (SSSR count). The maximum Gasteiger partial charge on any atom is 0.0667 e. The fraction of sp³-hybridized carbons (Fsp3) is 0.545. The van der Waals surface area contributed by atoms with Gasteiger partial charge in [-0.15, -0.1) is 0 Å². The van der Waals surface area contributed by atoms with Crippen LogP contribution in [-0.4, -0.2) is 11.5 Å². The van der Waals surface area contributed by atoms with E-state index in [0.717, 1.165) is 12.2 Å². The summed E-state index contributed by atoms with van der Waals surface area (Å²) in [6.07, 6.45) is 6.91. The van der Waals surface area contributed by atoms with Crippen LogP contribution in [0.2, 0.25) is 0 Å². The highest BCUT2D eigenvalue weighted by atomic mass is 14.9. The molecule has 13 heavy (non-hydrogen) atoms. The lowest BCUT2D eigenvalue weighted by atomic mass is 10.1. The van der Waals surface area contributed by atoms with Gasteiger partial charge < -0.3 is 0 Å². The molecule has 0 saturated carbocycles. The summed E-state index contributed by atoms with van der Waals surface area (Å²) < 4.78 is 0. The molecule has 0 bridgehead atoms. The second-order valence-electron chi connectivity index (χ2n) is 3.53. The van der Waals surface area contributed by atoms with Crippen LogP contribution < -0.4 is 5.32 Å². The van der Waals surface area contributed by atoms with Gasteiger partial charge >= 0.3 is 0 Å². The number of hydrogen-bond donors (Lipinski definition) is 0. The van der Waals surface area contributed by atoms with Gasteiger partial charge in [-0.25, -0.2) is 5.32 Å². The molecule has 1 aromatic rings. The Balaban J connectivity index is 2.06. The Morgan fingerprint density at radius 3 is 3.00 bits per heavy atom. The predicted molar refractivity (Wildman–Crippen MR) is 52.4 cm³/mol. The molecule has 1 radical (unpaired) electrons. The van der Waals surface area contributed by atoms with Crippen molar-refractivity contribution in [3.63, 3.8) is 0 Å². The van der Waals surface area contributed by atoms with Crippen LogP contribution in [0.1, 0.15) is 37.4 Å². The molecule has 1 aromatic heterocycles. The Kier molecular flexibility index (Phi) is 2.93. The van der Waals surface area contributed by atoms with E-state index in [-0.39, 0.29) is 0 Å². The number of pyridine rings is 1. The summed E-state index contributed by atoms with van der Waals surface area (Å²) in [6.45, 7) is 1.02. The number of nitrogens with zero attached hydrogens (tertiary/aromatic N) is 2. The van der Waals surface area contributed by atoms with Gasteiger partial charge in [0, 0.05) is 12.7 Å². The third-order valence-electron chi connectivity index (χ3n) is 2.51. The van der Waals surface area contributed by atoms with Crippen LogP contribution in [0.3, 0.4) is 0 Å². The van der Waals surface area contributed by atoms with E-state index in [0.29, 0.717) is 6.04 Å². The van der Waals surface area contributed by atoms with Gasteiger partial charge in [0.15, 0.2) is 0 Å². The molecular formula is C11H15N2. The van der Waals surface area contributed by atoms with Crippen LogP contribution in [0.5, 0.6) is 0 Å². The summed E-state index contributed by atoms with van der Waals surface area (Å²) in [6, 6.07) is 6.45. The van der Waals surface area contributed by atoms with Crippen molar-refractivity contribution in [1.29, 1.82) is 0 Å². The zero-order valence-electron chi connectivity index (χ0n) is 7.82. The first kappa shape index (κ1) is 8.70. The van der Waals surface area contributed by atoms with Crippen molar-refractivity contribution in [2.75, 3.05) is 6.54 Å². The largest absolute Gasteiger partial charge is 0.260 e. The lowest BCUT2D eigenvalue weighted by Gasteiger charge is -2.12. The van der Waals surface area contributed by atoms with E-state index in [2.05, 4.69) is 16.4 Å². The zero-order valence-corrected chi connectivity index (χ0v) is 7.82. The van der Waals surface area contributed by atoms with Gasteiger partial charge in [-0.1, -0.05) is 18.9 Å². The SMILES string of the molecule is c1ccc(C2CCCCC[N]2)nc1. The number of aromatic nitrogens is 1. The van der Waals surface area contributed by atoms with E-state index in [4.69, 9.17) is 0 Å². The maximum absolute atomic E-state index is 4.63. The summed E-state index contributed by atoms with van der Waals surface area (Å²) in [5.74, 6) is 0. The summed E-state index contributed by atoms with van der Waals surface area (Å²) in [5, 5.41) is 4.63. The third kappa shape index (κ3) is 2.28. The third-order valence-corrected chi connectivity index (χ3v) is 2.51. The van der Waals surface area contributed by atoms with Crippen molar-refractivity contribution in [1.82, 2.24) is 10.3 Å². The predicted octanol–water partition coefficient (Wildman–Crippen LogP) is 2.30. The standard InChI is InChI=1S/C11H15N2/c1-2-6-10(12-8-4-1)11-7-3-5-9-13-11/h3,5,7,9-10H,1-2,4,6,8H2. The molecule has 1 fully saturated rings. The van der Waals surface area contributed by atoms with E-state index in [1.54, 1.807) is 0 Å². The second kappa shape index (κ2) is 4.38. The summed E-state index contributed by atoms with van der Waals surface area (Å²) >= 11 is 0. The minimum absolute atomic E-state index is 0.365. The van der Waals surface area contributed by atoms with E-state index in [1.165, 1.54) is 25.7 Å². The van der Waals surface area contributed by atoms with Crippen LogP contribution in [0.15, 0.2) is 24.4 Å². The Morgan fingerprint density at radius 1 is 1.15 bits per heavy atom. The molecule has 2 heterocycles. The van der Waals surface area contributed by atoms with Crippen LogP contribution in [0, 0.1) is 0 Å². The Bertz CT molecular complexity index is 238. The number of hydrogen-bond acceptors (Lipinski definition) is 1.